The van der Waals surface area contributed by atoms with Crippen molar-refractivity contribution in [2.45, 2.75) is 25.7 Å². The minimum atomic E-state index is -3.48. The molecule has 0 saturated carbocycles. The van der Waals surface area contributed by atoms with Gasteiger partial charge in [-0.1, -0.05) is 0 Å². The Labute approximate surface area is 137 Å². The van der Waals surface area contributed by atoms with Crippen LogP contribution in [0.2, 0.25) is 0 Å². The Morgan fingerprint density at radius 1 is 1.04 bits per heavy atom. The molecule has 0 radical (unpaired) electrons. The summed E-state index contributed by atoms with van der Waals surface area (Å²) in [6.45, 7) is 1.72. The van der Waals surface area contributed by atoms with Crippen molar-refractivity contribution in [3.63, 3.8) is 0 Å². The standard InChI is InChI=1S/C14H26N4O4S/c1-16(2)23(21,22)18-7-3-4-12(10-18)14(20)17-8-5-11(6-9-17)13(15)19/h11-12H,3-10H2,1-2H3,(H2,15,19)/t12-/m1/s1. The third-order valence-electron chi connectivity index (χ3n) is 4.73. The third-order valence-corrected chi connectivity index (χ3v) is 6.64. The zero-order valence-electron chi connectivity index (χ0n) is 13.8. The smallest absolute Gasteiger partial charge is 0.281 e. The van der Waals surface area contributed by atoms with Crippen molar-refractivity contribution in [2.24, 2.45) is 17.6 Å². The molecule has 2 heterocycles. The van der Waals surface area contributed by atoms with Crippen LogP contribution in [0.15, 0.2) is 0 Å². The van der Waals surface area contributed by atoms with E-state index in [9.17, 15) is 18.0 Å². The summed E-state index contributed by atoms with van der Waals surface area (Å²) in [4.78, 5) is 25.6. The molecule has 9 heteroatoms. The van der Waals surface area contributed by atoms with Gasteiger partial charge in [-0.15, -0.1) is 0 Å². The molecule has 0 aromatic rings. The van der Waals surface area contributed by atoms with Crippen LogP contribution in [0.3, 0.4) is 0 Å². The van der Waals surface area contributed by atoms with Crippen LogP contribution in [0.25, 0.3) is 0 Å². The van der Waals surface area contributed by atoms with Crippen LogP contribution in [0.4, 0.5) is 0 Å². The number of rotatable bonds is 4. The Balaban J connectivity index is 1.97. The quantitative estimate of drug-likeness (QED) is 0.721. The molecule has 1 atom stereocenters. The van der Waals surface area contributed by atoms with Gasteiger partial charge in [-0.25, -0.2) is 0 Å². The van der Waals surface area contributed by atoms with Gasteiger partial charge in [0.1, 0.15) is 0 Å². The summed E-state index contributed by atoms with van der Waals surface area (Å²) in [5, 5.41) is 0. The molecule has 0 aromatic carbocycles. The number of carbonyl (C=O) groups is 2. The SMILES string of the molecule is CN(C)S(=O)(=O)N1CCC[C@@H](C(=O)N2CCC(C(N)=O)CC2)C1. The summed E-state index contributed by atoms with van der Waals surface area (Å²) in [5.41, 5.74) is 5.31. The van der Waals surface area contributed by atoms with Crippen molar-refractivity contribution < 1.29 is 18.0 Å². The van der Waals surface area contributed by atoms with E-state index in [1.54, 1.807) is 4.90 Å². The highest BCUT2D eigenvalue weighted by molar-refractivity contribution is 7.86. The number of hydrogen-bond donors (Lipinski definition) is 1. The number of hydrogen-bond acceptors (Lipinski definition) is 4. The topological polar surface area (TPSA) is 104 Å². The molecule has 0 unspecified atom stereocenters. The van der Waals surface area contributed by atoms with Crippen LogP contribution >= 0.6 is 0 Å². The number of likely N-dealkylation sites (tertiary alicyclic amines) is 1. The second-order valence-electron chi connectivity index (χ2n) is 6.49. The number of piperidine rings is 2. The van der Waals surface area contributed by atoms with Crippen molar-refractivity contribution >= 4 is 22.0 Å². The van der Waals surface area contributed by atoms with E-state index in [1.165, 1.54) is 22.7 Å². The molecule has 2 amide bonds. The van der Waals surface area contributed by atoms with Crippen molar-refractivity contribution in [2.75, 3.05) is 40.3 Å². The first-order chi connectivity index (χ1) is 10.7. The summed E-state index contributed by atoms with van der Waals surface area (Å²) < 4.78 is 27.0. The molecular formula is C14H26N4O4S. The summed E-state index contributed by atoms with van der Waals surface area (Å²) in [6, 6.07) is 0. The molecule has 0 spiro atoms. The molecule has 2 fully saturated rings. The molecule has 2 aliphatic heterocycles. The van der Waals surface area contributed by atoms with Crippen molar-refractivity contribution in [3.05, 3.63) is 0 Å². The van der Waals surface area contributed by atoms with E-state index in [4.69, 9.17) is 5.73 Å². The van der Waals surface area contributed by atoms with Crippen LogP contribution in [0, 0.1) is 11.8 Å². The summed E-state index contributed by atoms with van der Waals surface area (Å²) in [5.74, 6) is -0.774. The maximum Gasteiger partial charge on any atom is 0.281 e. The normalized spacial score (nSPS) is 24.8. The predicted molar refractivity (Wildman–Crippen MR) is 85.4 cm³/mol. The Morgan fingerprint density at radius 2 is 1.65 bits per heavy atom. The van der Waals surface area contributed by atoms with Gasteiger partial charge in [0.05, 0.1) is 5.92 Å². The average Bonchev–Trinajstić information content (AvgIpc) is 2.54. The fourth-order valence-corrected chi connectivity index (χ4v) is 4.42. The summed E-state index contributed by atoms with van der Waals surface area (Å²) in [6.07, 6.45) is 2.57. The van der Waals surface area contributed by atoms with E-state index in [0.29, 0.717) is 45.3 Å². The zero-order chi connectivity index (χ0) is 17.2. The highest BCUT2D eigenvalue weighted by atomic mass is 32.2. The van der Waals surface area contributed by atoms with Crippen LogP contribution in [-0.4, -0.2) is 74.0 Å². The number of amides is 2. The Morgan fingerprint density at radius 3 is 2.17 bits per heavy atom. The lowest BCUT2D eigenvalue weighted by Gasteiger charge is -2.37. The van der Waals surface area contributed by atoms with Gasteiger partial charge in [0.15, 0.2) is 0 Å². The second-order valence-corrected chi connectivity index (χ2v) is 8.63. The minimum Gasteiger partial charge on any atom is -0.369 e. The van der Waals surface area contributed by atoms with Crippen LogP contribution < -0.4 is 5.73 Å². The molecule has 8 nitrogen and oxygen atoms in total. The van der Waals surface area contributed by atoms with Crippen LogP contribution in [-0.2, 0) is 19.8 Å². The first-order valence-corrected chi connectivity index (χ1v) is 9.39. The molecule has 2 saturated heterocycles. The molecule has 0 aliphatic carbocycles. The van der Waals surface area contributed by atoms with E-state index in [2.05, 4.69) is 0 Å². The maximum absolute atomic E-state index is 12.6. The monoisotopic (exact) mass is 346 g/mol. The van der Waals surface area contributed by atoms with E-state index < -0.39 is 10.2 Å². The van der Waals surface area contributed by atoms with Gasteiger partial charge < -0.3 is 10.6 Å². The van der Waals surface area contributed by atoms with E-state index in [0.717, 1.165) is 0 Å². The van der Waals surface area contributed by atoms with E-state index >= 15 is 0 Å². The van der Waals surface area contributed by atoms with Gasteiger partial charge in [-0.2, -0.15) is 17.0 Å². The first kappa shape index (κ1) is 18.2. The van der Waals surface area contributed by atoms with Gasteiger partial charge in [0.2, 0.25) is 11.8 Å². The van der Waals surface area contributed by atoms with Crippen molar-refractivity contribution in [1.82, 2.24) is 13.5 Å². The molecular weight excluding hydrogens is 320 g/mol. The fourth-order valence-electron chi connectivity index (χ4n) is 3.23. The molecule has 2 N–H and O–H groups in total. The zero-order valence-corrected chi connectivity index (χ0v) is 14.6. The number of nitrogens with zero attached hydrogens (tertiary/aromatic N) is 3. The summed E-state index contributed by atoms with van der Waals surface area (Å²) in [7, 11) is -0.492. The van der Waals surface area contributed by atoms with Crippen LogP contribution in [0.5, 0.6) is 0 Å². The van der Waals surface area contributed by atoms with E-state index in [-0.39, 0.29) is 30.2 Å². The Hall–Kier alpha value is -1.19. The third kappa shape index (κ3) is 4.02. The Kier molecular flexibility index (Phi) is 5.64. The highest BCUT2D eigenvalue weighted by Crippen LogP contribution is 2.24. The predicted octanol–water partition coefficient (Wildman–Crippen LogP) is -0.771. The molecule has 2 aliphatic rings. The molecule has 2 rings (SSSR count). The Bertz CT molecular complexity index is 555. The van der Waals surface area contributed by atoms with Gasteiger partial charge in [-0.05, 0) is 25.7 Å². The van der Waals surface area contributed by atoms with Crippen LogP contribution in [0.1, 0.15) is 25.7 Å². The van der Waals surface area contributed by atoms with Crippen molar-refractivity contribution in [3.8, 4) is 0 Å². The maximum atomic E-state index is 12.6. The molecule has 132 valence electrons. The number of primary amides is 1. The van der Waals surface area contributed by atoms with Crippen molar-refractivity contribution in [1.29, 1.82) is 0 Å². The van der Waals surface area contributed by atoms with E-state index in [1.807, 2.05) is 0 Å². The van der Waals surface area contributed by atoms with Gasteiger partial charge in [0.25, 0.3) is 10.2 Å². The largest absolute Gasteiger partial charge is 0.369 e. The lowest BCUT2D eigenvalue weighted by atomic mass is 9.93. The fraction of sp³-hybridized carbons (Fsp3) is 0.857. The first-order valence-electron chi connectivity index (χ1n) is 7.99. The average molecular weight is 346 g/mol. The van der Waals surface area contributed by atoms with Gasteiger partial charge in [-0.3, -0.25) is 9.59 Å². The lowest BCUT2D eigenvalue weighted by Crippen LogP contribution is -2.51. The second kappa shape index (κ2) is 7.14. The summed E-state index contributed by atoms with van der Waals surface area (Å²) >= 11 is 0. The van der Waals surface area contributed by atoms with Gasteiger partial charge in [0, 0.05) is 46.2 Å². The number of nitrogens with two attached hydrogens (primary N) is 1. The lowest BCUT2D eigenvalue weighted by molar-refractivity contribution is -0.139. The van der Waals surface area contributed by atoms with Gasteiger partial charge >= 0.3 is 0 Å². The molecule has 23 heavy (non-hydrogen) atoms. The minimum absolute atomic E-state index is 0.00780. The highest BCUT2D eigenvalue weighted by Gasteiger charge is 2.36. The number of carbonyl (C=O) groups excluding carboxylic acids is 2. The molecule has 0 aromatic heterocycles. The molecule has 0 bridgehead atoms.